The Kier molecular flexibility index (Phi) is 11.3. The molecule has 4 rings (SSSR count). The monoisotopic (exact) mass is 524 g/mol. The van der Waals surface area contributed by atoms with Gasteiger partial charge in [-0.1, -0.05) is 110 Å². The van der Waals surface area contributed by atoms with E-state index in [0.717, 1.165) is 54.4 Å². The van der Waals surface area contributed by atoms with Gasteiger partial charge < -0.3 is 9.84 Å². The maximum Gasteiger partial charge on any atom is 0.115 e. The molecular weight excluding hydrogens is 488 g/mol. The van der Waals surface area contributed by atoms with Crippen LogP contribution in [0.2, 0.25) is 0 Å². The largest absolute Gasteiger partial charge is 0.446 e. The maximum atomic E-state index is 8.87. The molecule has 40 heavy (non-hydrogen) atoms. The summed E-state index contributed by atoms with van der Waals surface area (Å²) in [7, 11) is 0. The first-order valence-corrected chi connectivity index (χ1v) is 14.1. The van der Waals surface area contributed by atoms with Crippen molar-refractivity contribution in [2.75, 3.05) is 13.2 Å². The van der Waals surface area contributed by atoms with Crippen molar-refractivity contribution in [1.82, 2.24) is 0 Å². The van der Waals surface area contributed by atoms with Gasteiger partial charge in [-0.3, -0.25) is 0 Å². The zero-order valence-electron chi connectivity index (χ0n) is 23.2. The molecule has 0 saturated heterocycles. The van der Waals surface area contributed by atoms with E-state index in [2.05, 4.69) is 128 Å². The molecule has 2 nitrogen and oxygen atoms in total. The minimum atomic E-state index is 0.234. The summed E-state index contributed by atoms with van der Waals surface area (Å²) >= 11 is 0. The highest BCUT2D eigenvalue weighted by molar-refractivity contribution is 5.99. The predicted molar refractivity (Wildman–Crippen MR) is 170 cm³/mol. The van der Waals surface area contributed by atoms with Crippen LogP contribution in [0.1, 0.15) is 72.4 Å². The molecule has 0 aliphatic heterocycles. The third-order valence-corrected chi connectivity index (χ3v) is 6.53. The van der Waals surface area contributed by atoms with Crippen LogP contribution in [-0.2, 0) is 4.74 Å². The third-order valence-electron chi connectivity index (χ3n) is 6.53. The van der Waals surface area contributed by atoms with Crippen LogP contribution in [0, 0.1) is 23.9 Å². The molecule has 0 unspecified atom stereocenters. The fourth-order valence-electron chi connectivity index (χ4n) is 4.22. The van der Waals surface area contributed by atoms with Crippen LogP contribution in [0.15, 0.2) is 84.9 Å². The van der Waals surface area contributed by atoms with Crippen LogP contribution >= 0.6 is 0 Å². The Labute approximate surface area is 239 Å². The van der Waals surface area contributed by atoms with Gasteiger partial charge in [0.25, 0.3) is 0 Å². The second-order valence-corrected chi connectivity index (χ2v) is 9.61. The molecule has 0 amide bonds. The van der Waals surface area contributed by atoms with Gasteiger partial charge >= 0.3 is 0 Å². The van der Waals surface area contributed by atoms with Gasteiger partial charge in [0.2, 0.25) is 0 Å². The second kappa shape index (κ2) is 15.8. The molecule has 2 heteroatoms. The lowest BCUT2D eigenvalue weighted by molar-refractivity contribution is 0.271. The highest BCUT2D eigenvalue weighted by Gasteiger charge is 2.02. The minimum absolute atomic E-state index is 0.234. The Balaban J connectivity index is 1.44. The van der Waals surface area contributed by atoms with Gasteiger partial charge in [0, 0.05) is 24.2 Å². The molecule has 0 heterocycles. The molecular formula is C38H36O2. The van der Waals surface area contributed by atoms with Crippen LogP contribution in [0.25, 0.3) is 35.1 Å². The molecule has 200 valence electrons. The summed E-state index contributed by atoms with van der Waals surface area (Å²) in [6, 6.07) is 29.4. The molecule has 0 spiro atoms. The van der Waals surface area contributed by atoms with Crippen molar-refractivity contribution in [2.24, 2.45) is 0 Å². The molecule has 0 aliphatic carbocycles. The first kappa shape index (κ1) is 28.5. The van der Waals surface area contributed by atoms with E-state index in [9.17, 15) is 0 Å². The molecule has 0 bridgehead atoms. The summed E-state index contributed by atoms with van der Waals surface area (Å²) in [5.74, 6) is 9.44. The van der Waals surface area contributed by atoms with E-state index in [0.29, 0.717) is 6.61 Å². The number of fused-ring (bicyclic) bond motifs is 1. The topological polar surface area (TPSA) is 29.5 Å². The summed E-state index contributed by atoms with van der Waals surface area (Å²) in [4.78, 5) is 0. The molecule has 0 aromatic heterocycles. The Morgan fingerprint density at radius 1 is 0.650 bits per heavy atom. The molecule has 0 atom stereocenters. The fraction of sp³-hybridized carbons (Fsp3) is 0.211. The van der Waals surface area contributed by atoms with E-state index in [-0.39, 0.29) is 6.61 Å². The van der Waals surface area contributed by atoms with Gasteiger partial charge in [0.1, 0.15) is 12.7 Å². The summed E-state index contributed by atoms with van der Waals surface area (Å²) in [6.07, 6.45) is 16.1. The van der Waals surface area contributed by atoms with Crippen LogP contribution in [0.4, 0.5) is 0 Å². The molecule has 0 fully saturated rings. The van der Waals surface area contributed by atoms with Crippen molar-refractivity contribution >= 4 is 35.1 Å². The van der Waals surface area contributed by atoms with Crippen molar-refractivity contribution in [2.45, 2.75) is 39.0 Å². The first-order chi connectivity index (χ1) is 19.8. The lowest BCUT2D eigenvalue weighted by atomic mass is 9.98. The quantitative estimate of drug-likeness (QED) is 0.128. The highest BCUT2D eigenvalue weighted by atomic mass is 16.5. The average molecular weight is 525 g/mol. The van der Waals surface area contributed by atoms with Crippen molar-refractivity contribution in [3.63, 3.8) is 0 Å². The second-order valence-electron chi connectivity index (χ2n) is 9.61. The minimum Gasteiger partial charge on any atom is -0.446 e. The van der Waals surface area contributed by atoms with Gasteiger partial charge in [-0.2, -0.15) is 0 Å². The van der Waals surface area contributed by atoms with E-state index >= 15 is 0 Å². The molecule has 0 aliphatic rings. The molecule has 0 saturated carbocycles. The van der Waals surface area contributed by atoms with Crippen molar-refractivity contribution in [1.29, 1.82) is 0 Å². The molecule has 4 aromatic rings. The Bertz CT molecular complexity index is 1430. The van der Waals surface area contributed by atoms with E-state index in [1.807, 2.05) is 12.1 Å². The number of hydrogen-bond acceptors (Lipinski definition) is 2. The van der Waals surface area contributed by atoms with Gasteiger partial charge in [0.15, 0.2) is 0 Å². The number of unbranched alkanes of at least 4 members (excludes halogenated alkanes) is 3. The fourth-order valence-corrected chi connectivity index (χ4v) is 4.22. The smallest absolute Gasteiger partial charge is 0.115 e. The highest BCUT2D eigenvalue weighted by Crippen LogP contribution is 2.26. The number of rotatable bonds is 10. The third kappa shape index (κ3) is 8.78. The number of ether oxygens (including phenoxy) is 1. The number of hydrogen-bond donors (Lipinski definition) is 1. The van der Waals surface area contributed by atoms with Crippen LogP contribution < -0.4 is 0 Å². The lowest BCUT2D eigenvalue weighted by Gasteiger charge is -2.07. The van der Waals surface area contributed by atoms with Crippen molar-refractivity contribution < 1.29 is 9.84 Å². The molecule has 1 N–H and O–H groups in total. The zero-order valence-corrected chi connectivity index (χ0v) is 23.2. The average Bonchev–Trinajstić information content (AvgIpc) is 3.00. The number of aliphatic hydroxyl groups is 1. The summed E-state index contributed by atoms with van der Waals surface area (Å²) in [5.41, 5.74) is 6.60. The summed E-state index contributed by atoms with van der Waals surface area (Å²) in [5, 5.41) is 11.3. The Morgan fingerprint density at radius 2 is 1.23 bits per heavy atom. The van der Waals surface area contributed by atoms with Gasteiger partial charge in [-0.05, 0) is 82.5 Å². The lowest BCUT2D eigenvalue weighted by Crippen LogP contribution is -1.86. The molecule has 4 aromatic carbocycles. The number of benzene rings is 4. The van der Waals surface area contributed by atoms with Crippen LogP contribution in [0.5, 0.6) is 0 Å². The summed E-state index contributed by atoms with van der Waals surface area (Å²) < 4.78 is 5.34. The van der Waals surface area contributed by atoms with Crippen LogP contribution in [0.3, 0.4) is 0 Å². The van der Waals surface area contributed by atoms with Gasteiger partial charge in [-0.25, -0.2) is 0 Å². The first-order valence-electron chi connectivity index (χ1n) is 14.1. The normalized spacial score (nSPS) is 10.8. The van der Waals surface area contributed by atoms with E-state index < -0.39 is 0 Å². The molecule has 0 radical (unpaired) electrons. The van der Waals surface area contributed by atoms with Crippen LogP contribution in [-0.4, -0.2) is 18.3 Å². The van der Waals surface area contributed by atoms with Gasteiger partial charge in [-0.15, -0.1) is 0 Å². The van der Waals surface area contributed by atoms with E-state index in [1.165, 1.54) is 21.9 Å². The zero-order chi connectivity index (χ0) is 27.8. The maximum absolute atomic E-state index is 8.87. The number of aliphatic hydroxyl groups excluding tert-OH is 1. The Morgan fingerprint density at radius 3 is 1.77 bits per heavy atom. The van der Waals surface area contributed by atoms with Gasteiger partial charge in [0.05, 0.1) is 0 Å². The predicted octanol–water partition coefficient (Wildman–Crippen LogP) is 8.82. The van der Waals surface area contributed by atoms with E-state index in [1.54, 1.807) is 0 Å². The Hall–Kier alpha value is -4.50. The SMILES string of the molecule is CCCCOC#Cc1ccc(C=Cc2ccc(C=Cc3ccc(C#CCCCCO)cc3)c3ccccc23)cc1. The summed E-state index contributed by atoms with van der Waals surface area (Å²) in [6.45, 7) is 3.06. The standard InChI is InChI=1S/C38H36O2/c1-2-3-29-40-30-27-34-19-17-33(18-20-34)22-24-36-26-25-35(37-11-7-8-12-38(36)37)23-21-32-15-13-31(14-16-32)10-6-4-5-9-28-39/h7-8,11-26,39H,2-5,9,28-29H2,1H3. The van der Waals surface area contributed by atoms with E-state index in [4.69, 9.17) is 9.84 Å². The van der Waals surface area contributed by atoms with Crippen molar-refractivity contribution in [3.8, 4) is 23.9 Å². The van der Waals surface area contributed by atoms with Crippen molar-refractivity contribution in [3.05, 3.63) is 118 Å².